The Hall–Kier alpha value is -4.20. The third-order valence-corrected chi connectivity index (χ3v) is 4.64. The van der Waals surface area contributed by atoms with Gasteiger partial charge in [0.2, 0.25) is 0 Å². The zero-order chi connectivity index (χ0) is 22.7. The van der Waals surface area contributed by atoms with E-state index in [9.17, 15) is 22.8 Å². The first-order valence-corrected chi connectivity index (χ1v) is 9.49. The van der Waals surface area contributed by atoms with Gasteiger partial charge in [0.1, 0.15) is 23.1 Å². The third kappa shape index (κ3) is 4.44. The van der Waals surface area contributed by atoms with Gasteiger partial charge in [-0.05, 0) is 48.5 Å². The predicted molar refractivity (Wildman–Crippen MR) is 112 cm³/mol. The Labute approximate surface area is 180 Å². The van der Waals surface area contributed by atoms with Crippen molar-refractivity contribution in [3.8, 4) is 11.3 Å². The minimum atomic E-state index is -0.950. The molecule has 0 unspecified atom stereocenters. The lowest BCUT2D eigenvalue weighted by atomic mass is 10.0. The van der Waals surface area contributed by atoms with E-state index in [1.54, 1.807) is 24.3 Å². The number of nitrogens with zero attached hydrogens (tertiary/aromatic N) is 1. The normalized spacial score (nSPS) is 10.7. The molecule has 0 aliphatic heterocycles. The number of hydrogen-bond acceptors (Lipinski definition) is 4. The van der Waals surface area contributed by atoms with Crippen LogP contribution in [0.1, 0.15) is 10.4 Å². The van der Waals surface area contributed by atoms with Crippen molar-refractivity contribution in [2.45, 2.75) is 0 Å². The molecule has 4 rings (SSSR count). The zero-order valence-corrected chi connectivity index (χ0v) is 16.4. The highest BCUT2D eigenvalue weighted by molar-refractivity contribution is 6.05. The van der Waals surface area contributed by atoms with E-state index < -0.39 is 41.6 Å². The maximum Gasteiger partial charge on any atom is 0.339 e. The maximum absolute atomic E-state index is 13.7. The first kappa shape index (κ1) is 21.0. The van der Waals surface area contributed by atoms with Gasteiger partial charge in [0.25, 0.3) is 5.91 Å². The average molecular weight is 436 g/mol. The number of esters is 1. The summed E-state index contributed by atoms with van der Waals surface area (Å²) >= 11 is 0. The van der Waals surface area contributed by atoms with Crippen LogP contribution in [0.4, 0.5) is 18.9 Å². The number of benzene rings is 3. The van der Waals surface area contributed by atoms with E-state index >= 15 is 0 Å². The number of carbonyl (C=O) groups excluding carboxylic acids is 2. The number of hydrogen-bond donors (Lipinski definition) is 1. The molecule has 0 spiro atoms. The quantitative estimate of drug-likeness (QED) is 0.441. The Bertz CT molecular complexity index is 1300. The highest BCUT2D eigenvalue weighted by atomic mass is 19.1. The summed E-state index contributed by atoms with van der Waals surface area (Å²) in [7, 11) is 0. The summed E-state index contributed by atoms with van der Waals surface area (Å²) < 4.78 is 45.7. The molecule has 0 saturated heterocycles. The number of anilines is 1. The molecule has 1 heterocycles. The summed E-state index contributed by atoms with van der Waals surface area (Å²) in [6, 6.07) is 17.1. The van der Waals surface area contributed by atoms with E-state index in [0.29, 0.717) is 22.2 Å². The fourth-order valence-electron chi connectivity index (χ4n) is 3.11. The van der Waals surface area contributed by atoms with Crippen molar-refractivity contribution in [3.05, 3.63) is 95.8 Å². The van der Waals surface area contributed by atoms with Crippen LogP contribution in [0.5, 0.6) is 0 Å². The van der Waals surface area contributed by atoms with Gasteiger partial charge in [0.15, 0.2) is 6.61 Å². The van der Waals surface area contributed by atoms with Crippen LogP contribution in [0.25, 0.3) is 22.2 Å². The molecule has 32 heavy (non-hydrogen) atoms. The second-order valence-corrected chi connectivity index (χ2v) is 6.80. The number of carbonyl (C=O) groups is 2. The molecule has 3 aromatic carbocycles. The van der Waals surface area contributed by atoms with Crippen LogP contribution >= 0.6 is 0 Å². The summed E-state index contributed by atoms with van der Waals surface area (Å²) in [4.78, 5) is 29.3. The van der Waals surface area contributed by atoms with Crippen LogP contribution in [0.15, 0.2) is 72.8 Å². The highest BCUT2D eigenvalue weighted by Crippen LogP contribution is 2.26. The van der Waals surface area contributed by atoms with Crippen LogP contribution in [-0.2, 0) is 9.53 Å². The minimum absolute atomic E-state index is 0.139. The minimum Gasteiger partial charge on any atom is -0.452 e. The summed E-state index contributed by atoms with van der Waals surface area (Å²) in [5.74, 6) is -4.04. The Balaban J connectivity index is 1.57. The van der Waals surface area contributed by atoms with Gasteiger partial charge in [0, 0.05) is 10.9 Å². The van der Waals surface area contributed by atoms with Gasteiger partial charge in [-0.3, -0.25) is 4.79 Å². The van der Waals surface area contributed by atoms with Gasteiger partial charge in [-0.15, -0.1) is 0 Å². The Morgan fingerprint density at radius 3 is 2.28 bits per heavy atom. The van der Waals surface area contributed by atoms with Crippen LogP contribution in [0, 0.1) is 17.5 Å². The number of halogens is 3. The molecule has 4 aromatic rings. The number of pyridine rings is 1. The predicted octanol–water partition coefficient (Wildman–Crippen LogP) is 5.11. The summed E-state index contributed by atoms with van der Waals surface area (Å²) in [5.41, 5.74) is 1.01. The van der Waals surface area contributed by atoms with Gasteiger partial charge in [-0.1, -0.05) is 24.3 Å². The van der Waals surface area contributed by atoms with Gasteiger partial charge >= 0.3 is 5.97 Å². The van der Waals surface area contributed by atoms with Gasteiger partial charge in [-0.25, -0.2) is 22.9 Å². The SMILES string of the molecule is O=C(COC(=O)c1cc(-c2ccc(F)cc2)nc2ccccc12)Nc1c(F)cccc1F. The first-order valence-electron chi connectivity index (χ1n) is 9.49. The van der Waals surface area contributed by atoms with E-state index in [-0.39, 0.29) is 5.56 Å². The molecule has 5 nitrogen and oxygen atoms in total. The number of amides is 1. The number of fused-ring (bicyclic) bond motifs is 1. The van der Waals surface area contributed by atoms with Crippen molar-refractivity contribution < 1.29 is 27.5 Å². The van der Waals surface area contributed by atoms with Crippen molar-refractivity contribution in [3.63, 3.8) is 0 Å². The summed E-state index contributed by atoms with van der Waals surface area (Å²) in [6.07, 6.45) is 0. The monoisotopic (exact) mass is 436 g/mol. The molecule has 160 valence electrons. The molecule has 0 fully saturated rings. The molecule has 8 heteroatoms. The highest BCUT2D eigenvalue weighted by Gasteiger charge is 2.18. The fraction of sp³-hybridized carbons (Fsp3) is 0.0417. The summed E-state index contributed by atoms with van der Waals surface area (Å²) in [6.45, 7) is -0.755. The van der Waals surface area contributed by atoms with Gasteiger partial charge in [0.05, 0.1) is 16.8 Å². The molecule has 0 aliphatic carbocycles. The van der Waals surface area contributed by atoms with Crippen molar-refractivity contribution in [2.75, 3.05) is 11.9 Å². The number of aromatic nitrogens is 1. The molecule has 1 aromatic heterocycles. The molecule has 0 atom stereocenters. The maximum atomic E-state index is 13.7. The third-order valence-electron chi connectivity index (χ3n) is 4.64. The summed E-state index contributed by atoms with van der Waals surface area (Å²) in [5, 5.41) is 2.54. The average Bonchev–Trinajstić information content (AvgIpc) is 2.79. The smallest absolute Gasteiger partial charge is 0.339 e. The fourth-order valence-corrected chi connectivity index (χ4v) is 3.11. The molecule has 1 N–H and O–H groups in total. The standard InChI is InChI=1S/C24H15F3N2O3/c25-15-10-8-14(9-11-15)21-12-17(16-4-1-2-7-20(16)28-21)24(31)32-13-22(30)29-23-18(26)5-3-6-19(23)27/h1-12H,13H2,(H,29,30). The van der Waals surface area contributed by atoms with Crippen LogP contribution in [-0.4, -0.2) is 23.5 Å². The number of nitrogens with one attached hydrogen (secondary N) is 1. The van der Waals surface area contributed by atoms with Crippen molar-refractivity contribution in [1.82, 2.24) is 4.98 Å². The topological polar surface area (TPSA) is 68.3 Å². The molecule has 0 saturated carbocycles. The van der Waals surface area contributed by atoms with E-state index in [2.05, 4.69) is 10.3 Å². The largest absolute Gasteiger partial charge is 0.452 e. The Morgan fingerprint density at radius 2 is 1.56 bits per heavy atom. The molecular weight excluding hydrogens is 421 g/mol. The number of para-hydroxylation sites is 2. The van der Waals surface area contributed by atoms with Crippen LogP contribution < -0.4 is 5.32 Å². The number of rotatable bonds is 5. The van der Waals surface area contributed by atoms with E-state index in [4.69, 9.17) is 4.74 Å². The Morgan fingerprint density at radius 1 is 0.875 bits per heavy atom. The molecule has 0 bridgehead atoms. The number of ether oxygens (including phenoxy) is 1. The van der Waals surface area contributed by atoms with Crippen molar-refractivity contribution in [1.29, 1.82) is 0 Å². The van der Waals surface area contributed by atoms with Crippen LogP contribution in [0.3, 0.4) is 0 Å². The van der Waals surface area contributed by atoms with E-state index in [1.165, 1.54) is 30.3 Å². The van der Waals surface area contributed by atoms with Crippen molar-refractivity contribution >= 4 is 28.5 Å². The van der Waals surface area contributed by atoms with E-state index in [0.717, 1.165) is 18.2 Å². The first-order chi connectivity index (χ1) is 15.4. The Kier molecular flexibility index (Phi) is 5.85. The lowest BCUT2D eigenvalue weighted by Crippen LogP contribution is -2.22. The molecule has 1 amide bonds. The van der Waals surface area contributed by atoms with Gasteiger partial charge < -0.3 is 10.1 Å². The van der Waals surface area contributed by atoms with Gasteiger partial charge in [-0.2, -0.15) is 0 Å². The van der Waals surface area contributed by atoms with Crippen LogP contribution in [0.2, 0.25) is 0 Å². The molecule has 0 aliphatic rings. The second kappa shape index (κ2) is 8.89. The zero-order valence-electron chi connectivity index (χ0n) is 16.4. The second-order valence-electron chi connectivity index (χ2n) is 6.80. The lowest BCUT2D eigenvalue weighted by molar-refractivity contribution is -0.119. The van der Waals surface area contributed by atoms with E-state index in [1.807, 2.05) is 0 Å². The lowest BCUT2D eigenvalue weighted by Gasteiger charge is -2.11. The molecule has 0 radical (unpaired) electrons. The van der Waals surface area contributed by atoms with Crippen molar-refractivity contribution in [2.24, 2.45) is 0 Å². The molecular formula is C24H15F3N2O3.